The normalized spacial score (nSPS) is 9.00. The number of hydrogen-bond acceptors (Lipinski definition) is 2. The van der Waals surface area contributed by atoms with Crippen molar-refractivity contribution in [3.63, 3.8) is 0 Å². The molecule has 26 valence electrons. The summed E-state index contributed by atoms with van der Waals surface area (Å²) in [6.07, 6.45) is 0. The topological polar surface area (TPSA) is 52.0 Å². The smallest absolute Gasteiger partial charge is 0.0248 e. The highest BCUT2D eigenvalue weighted by Gasteiger charge is 1.65. The lowest BCUT2D eigenvalue weighted by atomic mass is 12.0. The number of hydrogen-bond donors (Lipinski definition) is 2. The Morgan fingerprint density at radius 3 is 1.50 bits per heavy atom. The highest BCUT2D eigenvalue weighted by molar-refractivity contribution is 7.51. The number of rotatable bonds is 0. The number of nitrogens with two attached hydrogens (primary N) is 2. The SMILES string of the molecule is CP(N)N. The third-order valence-corrected chi connectivity index (χ3v) is 0. The predicted molar refractivity (Wildman–Crippen MR) is 21.2 cm³/mol. The molecule has 0 saturated heterocycles. The minimum atomic E-state index is -0.620. The second-order valence-corrected chi connectivity index (χ2v) is 2.00. The second-order valence-electron chi connectivity index (χ2n) is 0.665. The van der Waals surface area contributed by atoms with Crippen LogP contribution in [0.15, 0.2) is 0 Å². The van der Waals surface area contributed by atoms with E-state index in [1.54, 1.807) is 6.66 Å². The molecule has 0 unspecified atom stereocenters. The summed E-state index contributed by atoms with van der Waals surface area (Å²) in [5.41, 5.74) is 9.91. The zero-order chi connectivity index (χ0) is 3.58. The summed E-state index contributed by atoms with van der Waals surface area (Å²) >= 11 is 0. The second kappa shape index (κ2) is 1.65. The van der Waals surface area contributed by atoms with Gasteiger partial charge in [0, 0.05) is 8.22 Å². The molecule has 0 aromatic heterocycles. The van der Waals surface area contributed by atoms with Crippen molar-refractivity contribution < 1.29 is 0 Å². The van der Waals surface area contributed by atoms with Crippen LogP contribution >= 0.6 is 8.22 Å². The van der Waals surface area contributed by atoms with Crippen LogP contribution in [-0.4, -0.2) is 6.66 Å². The molecule has 0 rings (SSSR count). The van der Waals surface area contributed by atoms with E-state index in [4.69, 9.17) is 11.0 Å². The predicted octanol–water partition coefficient (Wildman–Crippen LogP) is -0.154. The highest BCUT2D eigenvalue weighted by atomic mass is 31.1. The molecule has 0 aromatic rings. The molecule has 0 bridgehead atoms. The Balaban J connectivity index is 2.32. The molecule has 0 aromatic carbocycles. The first-order chi connectivity index (χ1) is 1.73. The maximum atomic E-state index is 4.95. The van der Waals surface area contributed by atoms with Gasteiger partial charge in [-0.3, -0.25) is 11.0 Å². The summed E-state index contributed by atoms with van der Waals surface area (Å²) < 4.78 is 0. The van der Waals surface area contributed by atoms with Gasteiger partial charge in [0.2, 0.25) is 0 Å². The van der Waals surface area contributed by atoms with Gasteiger partial charge >= 0.3 is 0 Å². The van der Waals surface area contributed by atoms with Crippen LogP contribution in [0.4, 0.5) is 0 Å². The van der Waals surface area contributed by atoms with Gasteiger partial charge in [-0.15, -0.1) is 0 Å². The van der Waals surface area contributed by atoms with Crippen molar-refractivity contribution in [1.82, 2.24) is 0 Å². The molecule has 0 fully saturated rings. The molecule has 0 aliphatic carbocycles. The quantitative estimate of drug-likeness (QED) is 0.396. The van der Waals surface area contributed by atoms with Gasteiger partial charge in [0.15, 0.2) is 0 Å². The van der Waals surface area contributed by atoms with Crippen molar-refractivity contribution >= 4 is 8.22 Å². The maximum Gasteiger partial charge on any atom is 0.0248 e. The third kappa shape index (κ3) is 35.0. The van der Waals surface area contributed by atoms with Gasteiger partial charge in [0.25, 0.3) is 0 Å². The van der Waals surface area contributed by atoms with Gasteiger partial charge in [-0.2, -0.15) is 0 Å². The Kier molecular flexibility index (Phi) is 1.79. The first kappa shape index (κ1) is 4.35. The molecule has 4 N–H and O–H groups in total. The van der Waals surface area contributed by atoms with E-state index in [2.05, 4.69) is 0 Å². The summed E-state index contributed by atoms with van der Waals surface area (Å²) in [7, 11) is -0.620. The van der Waals surface area contributed by atoms with Gasteiger partial charge < -0.3 is 0 Å². The fourth-order valence-electron chi connectivity index (χ4n) is 0. The van der Waals surface area contributed by atoms with Crippen molar-refractivity contribution in [3.05, 3.63) is 0 Å². The van der Waals surface area contributed by atoms with Crippen LogP contribution in [-0.2, 0) is 0 Å². The molecule has 0 aliphatic rings. The minimum Gasteiger partial charge on any atom is -0.298 e. The van der Waals surface area contributed by atoms with Crippen LogP contribution in [0.1, 0.15) is 0 Å². The van der Waals surface area contributed by atoms with Gasteiger partial charge in [0.1, 0.15) is 0 Å². The molecule has 3 heteroatoms. The molecule has 0 atom stereocenters. The molecule has 0 heterocycles. The zero-order valence-electron chi connectivity index (χ0n) is 2.60. The Morgan fingerprint density at radius 1 is 1.50 bits per heavy atom. The van der Waals surface area contributed by atoms with Crippen LogP contribution in [0.25, 0.3) is 0 Å². The standard InChI is InChI=1S/CH7N2P/c1-4(2)3/h2-3H2,1H3. The van der Waals surface area contributed by atoms with Crippen LogP contribution in [0.2, 0.25) is 0 Å². The van der Waals surface area contributed by atoms with Gasteiger partial charge in [0.05, 0.1) is 0 Å². The largest absolute Gasteiger partial charge is 0.298 e. The highest BCUT2D eigenvalue weighted by Crippen LogP contribution is 1.98. The van der Waals surface area contributed by atoms with E-state index in [1.807, 2.05) is 0 Å². The lowest BCUT2D eigenvalue weighted by Gasteiger charge is -1.83. The average Bonchev–Trinajstić information content (AvgIpc) is 0.811. The van der Waals surface area contributed by atoms with Crippen molar-refractivity contribution in [1.29, 1.82) is 0 Å². The Bertz CT molecular complexity index is 10.8. The van der Waals surface area contributed by atoms with Gasteiger partial charge in [-0.25, -0.2) is 0 Å². The minimum absolute atomic E-state index is 0.620. The summed E-state index contributed by atoms with van der Waals surface area (Å²) in [4.78, 5) is 0. The fourth-order valence-corrected chi connectivity index (χ4v) is 0. The summed E-state index contributed by atoms with van der Waals surface area (Å²) in [6.45, 7) is 1.79. The molecule has 0 radical (unpaired) electrons. The third-order valence-electron chi connectivity index (χ3n) is 0. The molecule has 0 saturated carbocycles. The molecule has 4 heavy (non-hydrogen) atoms. The van der Waals surface area contributed by atoms with E-state index < -0.39 is 8.22 Å². The lowest BCUT2D eigenvalue weighted by Crippen LogP contribution is -1.92. The van der Waals surface area contributed by atoms with E-state index in [-0.39, 0.29) is 0 Å². The van der Waals surface area contributed by atoms with Gasteiger partial charge in [-0.1, -0.05) is 0 Å². The summed E-state index contributed by atoms with van der Waals surface area (Å²) in [6, 6.07) is 0. The van der Waals surface area contributed by atoms with Gasteiger partial charge in [-0.05, 0) is 6.66 Å². The van der Waals surface area contributed by atoms with E-state index in [0.29, 0.717) is 0 Å². The van der Waals surface area contributed by atoms with Crippen molar-refractivity contribution in [2.45, 2.75) is 0 Å². The van der Waals surface area contributed by atoms with Crippen molar-refractivity contribution in [2.75, 3.05) is 6.66 Å². The van der Waals surface area contributed by atoms with Crippen LogP contribution in [0, 0.1) is 0 Å². The van der Waals surface area contributed by atoms with Crippen LogP contribution in [0.5, 0.6) is 0 Å². The first-order valence-electron chi connectivity index (χ1n) is 0.964. The molecular formula is CH7N2P. The molecule has 2 nitrogen and oxygen atoms in total. The van der Waals surface area contributed by atoms with E-state index >= 15 is 0 Å². The van der Waals surface area contributed by atoms with E-state index in [0.717, 1.165) is 0 Å². The van der Waals surface area contributed by atoms with Crippen LogP contribution < -0.4 is 11.0 Å². The summed E-state index contributed by atoms with van der Waals surface area (Å²) in [5.74, 6) is 0. The van der Waals surface area contributed by atoms with Crippen LogP contribution in [0.3, 0.4) is 0 Å². The average molecular weight is 78.1 g/mol. The first-order valence-corrected chi connectivity index (χ1v) is 2.89. The zero-order valence-corrected chi connectivity index (χ0v) is 3.50. The Morgan fingerprint density at radius 2 is 1.50 bits per heavy atom. The molecular weight excluding hydrogens is 71.0 g/mol. The van der Waals surface area contributed by atoms with Crippen molar-refractivity contribution in [2.24, 2.45) is 11.0 Å². The van der Waals surface area contributed by atoms with E-state index in [1.165, 1.54) is 0 Å². The Labute approximate surface area is 27.0 Å². The van der Waals surface area contributed by atoms with Crippen molar-refractivity contribution in [3.8, 4) is 0 Å². The maximum absolute atomic E-state index is 4.95. The monoisotopic (exact) mass is 78.0 g/mol. The summed E-state index contributed by atoms with van der Waals surface area (Å²) in [5, 5.41) is 0. The lowest BCUT2D eigenvalue weighted by molar-refractivity contribution is 1.78. The van der Waals surface area contributed by atoms with E-state index in [9.17, 15) is 0 Å². The molecule has 0 spiro atoms. The Hall–Kier alpha value is 0.350. The molecule has 0 amide bonds. The molecule has 0 aliphatic heterocycles. The fraction of sp³-hybridized carbons (Fsp3) is 1.00.